The minimum Gasteiger partial charge on any atom is -0.550 e. The molecule has 1 N–H and O–H groups in total. The number of carboxylic acids is 1. The zero-order chi connectivity index (χ0) is 24.9. The highest BCUT2D eigenvalue weighted by molar-refractivity contribution is 5.95. The van der Waals surface area contributed by atoms with Crippen molar-refractivity contribution >= 4 is 22.8 Å². The Kier molecular flexibility index (Phi) is 7.39. The lowest BCUT2D eigenvalue weighted by Crippen LogP contribution is -2.37. The van der Waals surface area contributed by atoms with E-state index in [0.717, 1.165) is 35.1 Å². The van der Waals surface area contributed by atoms with Crippen LogP contribution in [0.15, 0.2) is 51.7 Å². The third-order valence-corrected chi connectivity index (χ3v) is 6.64. The lowest BCUT2D eigenvalue weighted by molar-refractivity contribution is -0.312. The number of carbonyl (C=O) groups excluding carboxylic acids is 2. The average molecular weight is 479 g/mol. The van der Waals surface area contributed by atoms with Crippen LogP contribution in [0.4, 0.5) is 0 Å². The molecular weight excluding hydrogens is 450 g/mol. The van der Waals surface area contributed by atoms with Crippen LogP contribution >= 0.6 is 0 Å². The molecule has 184 valence electrons. The van der Waals surface area contributed by atoms with E-state index in [-0.39, 0.29) is 24.3 Å². The van der Waals surface area contributed by atoms with Gasteiger partial charge in [-0.3, -0.25) is 4.79 Å². The molecule has 0 bridgehead atoms. The van der Waals surface area contributed by atoms with Gasteiger partial charge in [0.05, 0.1) is 7.11 Å². The quantitative estimate of drug-likeness (QED) is 0.495. The van der Waals surface area contributed by atoms with Gasteiger partial charge in [-0.1, -0.05) is 12.1 Å². The van der Waals surface area contributed by atoms with Gasteiger partial charge in [-0.05, 0) is 79.8 Å². The van der Waals surface area contributed by atoms with Crippen LogP contribution < -0.4 is 25.5 Å². The lowest BCUT2D eigenvalue weighted by atomic mass is 9.82. The van der Waals surface area contributed by atoms with Gasteiger partial charge in [0, 0.05) is 29.5 Å². The van der Waals surface area contributed by atoms with Crippen LogP contribution in [-0.4, -0.2) is 32.1 Å². The Morgan fingerprint density at radius 2 is 1.80 bits per heavy atom. The first-order chi connectivity index (χ1) is 16.9. The van der Waals surface area contributed by atoms with E-state index in [9.17, 15) is 19.5 Å². The molecule has 1 aliphatic rings. The number of carboxylic acid groups (broad SMARTS) is 1. The third kappa shape index (κ3) is 5.65. The largest absolute Gasteiger partial charge is 0.550 e. The van der Waals surface area contributed by atoms with E-state index < -0.39 is 11.6 Å². The molecule has 8 heteroatoms. The SMILES string of the molecule is COc1ccc(-c2cc(=O)oc3c(C)c(OCC(=O)NCC4CCC(C(=O)[O-])CC4)ccc23)cc1. The Morgan fingerprint density at radius 1 is 1.09 bits per heavy atom. The van der Waals surface area contributed by atoms with Crippen molar-refractivity contribution in [2.75, 3.05) is 20.3 Å². The fourth-order valence-corrected chi connectivity index (χ4v) is 4.56. The Hall–Kier alpha value is -3.81. The average Bonchev–Trinajstić information content (AvgIpc) is 2.87. The molecule has 0 saturated heterocycles. The van der Waals surface area contributed by atoms with Gasteiger partial charge in [0.1, 0.15) is 17.1 Å². The number of rotatable bonds is 8. The molecule has 1 saturated carbocycles. The molecule has 1 aromatic heterocycles. The van der Waals surface area contributed by atoms with Crippen molar-refractivity contribution in [1.29, 1.82) is 0 Å². The van der Waals surface area contributed by atoms with Crippen LogP contribution in [-0.2, 0) is 9.59 Å². The molecular formula is C27H28NO7-. The molecule has 4 rings (SSSR count). The smallest absolute Gasteiger partial charge is 0.336 e. The van der Waals surface area contributed by atoms with Crippen LogP contribution in [0.1, 0.15) is 31.2 Å². The van der Waals surface area contributed by atoms with Crippen molar-refractivity contribution in [3.63, 3.8) is 0 Å². The molecule has 35 heavy (non-hydrogen) atoms. The Balaban J connectivity index is 1.42. The van der Waals surface area contributed by atoms with Gasteiger partial charge in [0.15, 0.2) is 6.61 Å². The molecule has 0 spiro atoms. The number of nitrogens with one attached hydrogen (secondary N) is 1. The van der Waals surface area contributed by atoms with Gasteiger partial charge >= 0.3 is 5.63 Å². The predicted molar refractivity (Wildman–Crippen MR) is 128 cm³/mol. The predicted octanol–water partition coefficient (Wildman–Crippen LogP) is 2.83. The summed E-state index contributed by atoms with van der Waals surface area (Å²) in [5.74, 6) is -0.207. The number of carbonyl (C=O) groups is 2. The first-order valence-corrected chi connectivity index (χ1v) is 11.7. The third-order valence-electron chi connectivity index (χ3n) is 6.64. The molecule has 0 radical (unpaired) electrons. The number of fused-ring (bicyclic) bond motifs is 1. The second kappa shape index (κ2) is 10.6. The zero-order valence-corrected chi connectivity index (χ0v) is 19.8. The fraction of sp³-hybridized carbons (Fsp3) is 0.370. The molecule has 1 fully saturated rings. The normalized spacial score (nSPS) is 17.7. The molecule has 3 aromatic rings. The van der Waals surface area contributed by atoms with Gasteiger partial charge in [0.2, 0.25) is 0 Å². The summed E-state index contributed by atoms with van der Waals surface area (Å²) in [4.78, 5) is 35.6. The molecule has 8 nitrogen and oxygen atoms in total. The van der Waals surface area contributed by atoms with E-state index in [2.05, 4.69) is 5.32 Å². The summed E-state index contributed by atoms with van der Waals surface area (Å²) in [5.41, 5.74) is 2.15. The van der Waals surface area contributed by atoms with Gasteiger partial charge in [0.25, 0.3) is 5.91 Å². The van der Waals surface area contributed by atoms with E-state index in [1.54, 1.807) is 20.1 Å². The van der Waals surface area contributed by atoms with Crippen molar-refractivity contribution in [2.45, 2.75) is 32.6 Å². The minimum atomic E-state index is -0.987. The summed E-state index contributed by atoms with van der Waals surface area (Å²) in [6.45, 7) is 2.09. The number of benzene rings is 2. The van der Waals surface area contributed by atoms with Crippen molar-refractivity contribution in [3.8, 4) is 22.6 Å². The lowest BCUT2D eigenvalue weighted by Gasteiger charge is -2.29. The van der Waals surface area contributed by atoms with Crippen LogP contribution in [0, 0.1) is 18.8 Å². The Morgan fingerprint density at radius 3 is 2.46 bits per heavy atom. The molecule has 1 heterocycles. The van der Waals surface area contributed by atoms with E-state index in [4.69, 9.17) is 13.9 Å². The highest BCUT2D eigenvalue weighted by atomic mass is 16.5. The van der Waals surface area contributed by atoms with Gasteiger partial charge in [-0.25, -0.2) is 4.79 Å². The van der Waals surface area contributed by atoms with E-state index >= 15 is 0 Å². The number of hydrogen-bond donors (Lipinski definition) is 1. The number of ether oxygens (including phenoxy) is 2. The number of amides is 1. The number of hydrogen-bond acceptors (Lipinski definition) is 7. The standard InChI is InChI=1S/C27H29NO7/c1-16-23(34-15-24(29)28-14-17-3-5-19(6-4-17)27(31)32)12-11-21-22(13-25(30)35-26(16)21)18-7-9-20(33-2)10-8-18/h7-13,17,19H,3-6,14-15H2,1-2H3,(H,28,29)(H,31,32)/p-1. The first kappa shape index (κ1) is 24.3. The highest BCUT2D eigenvalue weighted by Gasteiger charge is 2.22. The second-order valence-electron chi connectivity index (χ2n) is 8.90. The molecule has 1 amide bonds. The second-order valence-corrected chi connectivity index (χ2v) is 8.90. The van der Waals surface area contributed by atoms with Crippen LogP contribution in [0.2, 0.25) is 0 Å². The summed E-state index contributed by atoms with van der Waals surface area (Å²) >= 11 is 0. The van der Waals surface area contributed by atoms with Gasteiger partial charge < -0.3 is 29.1 Å². The summed E-state index contributed by atoms with van der Waals surface area (Å²) in [7, 11) is 1.59. The monoisotopic (exact) mass is 478 g/mol. The van der Waals surface area contributed by atoms with E-state index in [1.165, 1.54) is 6.07 Å². The van der Waals surface area contributed by atoms with Crippen LogP contribution in [0.5, 0.6) is 11.5 Å². The maximum absolute atomic E-state index is 12.3. The number of aryl methyl sites for hydroxylation is 1. The maximum Gasteiger partial charge on any atom is 0.336 e. The summed E-state index contributed by atoms with van der Waals surface area (Å²) in [5, 5.41) is 14.6. The van der Waals surface area contributed by atoms with E-state index in [1.807, 2.05) is 30.3 Å². The Bertz CT molecular complexity index is 1270. The van der Waals surface area contributed by atoms with Crippen molar-refractivity contribution in [1.82, 2.24) is 5.32 Å². The fourth-order valence-electron chi connectivity index (χ4n) is 4.56. The summed E-state index contributed by atoms with van der Waals surface area (Å²) in [6.07, 6.45) is 2.66. The molecule has 2 aromatic carbocycles. The zero-order valence-electron chi connectivity index (χ0n) is 19.8. The summed E-state index contributed by atoms with van der Waals surface area (Å²) < 4.78 is 16.4. The van der Waals surface area contributed by atoms with Crippen LogP contribution in [0.25, 0.3) is 22.1 Å². The molecule has 0 aliphatic heterocycles. The number of methoxy groups -OCH3 is 1. The van der Waals surface area contributed by atoms with E-state index in [0.29, 0.717) is 36.3 Å². The first-order valence-electron chi connectivity index (χ1n) is 11.7. The molecule has 0 unspecified atom stereocenters. The van der Waals surface area contributed by atoms with Crippen molar-refractivity contribution in [3.05, 3.63) is 58.4 Å². The Labute approximate surface area is 202 Å². The van der Waals surface area contributed by atoms with Gasteiger partial charge in [-0.2, -0.15) is 0 Å². The molecule has 0 atom stereocenters. The van der Waals surface area contributed by atoms with Crippen molar-refractivity contribution < 1.29 is 28.6 Å². The topological polar surface area (TPSA) is 118 Å². The van der Waals surface area contributed by atoms with Crippen molar-refractivity contribution in [2.24, 2.45) is 11.8 Å². The highest BCUT2D eigenvalue weighted by Crippen LogP contribution is 2.34. The van der Waals surface area contributed by atoms with Crippen LogP contribution in [0.3, 0.4) is 0 Å². The minimum absolute atomic E-state index is 0.177. The maximum atomic E-state index is 12.3. The molecule has 1 aliphatic carbocycles. The number of aliphatic carboxylic acids is 1. The van der Waals surface area contributed by atoms with Gasteiger partial charge in [-0.15, -0.1) is 0 Å². The summed E-state index contributed by atoms with van der Waals surface area (Å²) in [6, 6.07) is 12.4.